The maximum atomic E-state index is 11.9. The number of hydrogen-bond donors (Lipinski definition) is 2. The average molecular weight is 306 g/mol. The van der Waals surface area contributed by atoms with Crippen molar-refractivity contribution in [1.29, 1.82) is 0 Å². The van der Waals surface area contributed by atoms with Crippen LogP contribution >= 0.6 is 0 Å². The molecule has 0 aliphatic carbocycles. The van der Waals surface area contributed by atoms with Gasteiger partial charge >= 0.3 is 5.97 Å². The number of carbonyl (C=O) groups is 1. The topological polar surface area (TPSA) is 102 Å². The Kier molecular flexibility index (Phi) is 3.68. The van der Waals surface area contributed by atoms with Crippen molar-refractivity contribution in [2.75, 3.05) is 36.9 Å². The molecule has 0 amide bonds. The number of hydrogen-bond acceptors (Lipinski definition) is 6. The second-order valence-electron chi connectivity index (χ2n) is 6.19. The fraction of sp³-hybridized carbons (Fsp3) is 0.667. The van der Waals surface area contributed by atoms with Crippen LogP contribution in [0.2, 0.25) is 0 Å². The predicted molar refractivity (Wildman–Crippen MR) is 81.8 cm³/mol. The lowest BCUT2D eigenvalue weighted by Gasteiger charge is -2.33. The van der Waals surface area contributed by atoms with Gasteiger partial charge in [0.05, 0.1) is 17.7 Å². The first-order valence-electron chi connectivity index (χ1n) is 7.67. The van der Waals surface area contributed by atoms with Gasteiger partial charge in [-0.3, -0.25) is 4.79 Å². The Labute approximate surface area is 129 Å². The van der Waals surface area contributed by atoms with Gasteiger partial charge in [0.2, 0.25) is 5.95 Å². The van der Waals surface area contributed by atoms with Gasteiger partial charge in [0.1, 0.15) is 5.82 Å². The van der Waals surface area contributed by atoms with Gasteiger partial charge in [-0.05, 0) is 19.8 Å². The van der Waals surface area contributed by atoms with Crippen LogP contribution in [0.25, 0.3) is 0 Å². The smallest absolute Gasteiger partial charge is 0.311 e. The molecular formula is C15H22N4O3. The van der Waals surface area contributed by atoms with Crippen molar-refractivity contribution in [3.05, 3.63) is 11.3 Å². The van der Waals surface area contributed by atoms with Gasteiger partial charge in [-0.15, -0.1) is 0 Å². The molecule has 0 aromatic carbocycles. The maximum Gasteiger partial charge on any atom is 0.311 e. The number of nitrogen functional groups attached to an aromatic ring is 1. The van der Waals surface area contributed by atoms with Gasteiger partial charge in [0.15, 0.2) is 0 Å². The van der Waals surface area contributed by atoms with E-state index in [9.17, 15) is 9.90 Å². The molecule has 2 fully saturated rings. The van der Waals surface area contributed by atoms with E-state index in [0.717, 1.165) is 23.5 Å². The van der Waals surface area contributed by atoms with E-state index in [2.05, 4.69) is 9.97 Å². The molecule has 7 heteroatoms. The highest BCUT2D eigenvalue weighted by Gasteiger charge is 2.54. The van der Waals surface area contributed by atoms with Gasteiger partial charge in [0, 0.05) is 31.2 Å². The van der Waals surface area contributed by atoms with Gasteiger partial charge in [-0.2, -0.15) is 4.98 Å². The summed E-state index contributed by atoms with van der Waals surface area (Å²) in [6.07, 6.45) is 1.32. The van der Waals surface area contributed by atoms with Gasteiger partial charge < -0.3 is 20.5 Å². The SMILES string of the molecule is CCc1nc(N)nc(N2C[C@@H]3COCC[C@]3(C(=O)O)C2)c1C. The lowest BCUT2D eigenvalue weighted by atomic mass is 9.74. The molecule has 3 rings (SSSR count). The molecule has 0 spiro atoms. The van der Waals surface area contributed by atoms with Crippen LogP contribution in [-0.2, 0) is 16.0 Å². The third-order valence-corrected chi connectivity index (χ3v) is 5.01. The van der Waals surface area contributed by atoms with Crippen LogP contribution < -0.4 is 10.6 Å². The number of fused-ring (bicyclic) bond motifs is 1. The molecule has 22 heavy (non-hydrogen) atoms. The second kappa shape index (κ2) is 5.39. The van der Waals surface area contributed by atoms with Crippen molar-refractivity contribution in [2.24, 2.45) is 11.3 Å². The Morgan fingerprint density at radius 2 is 2.32 bits per heavy atom. The van der Waals surface area contributed by atoms with Crippen LogP contribution in [0, 0.1) is 18.3 Å². The number of carboxylic acids is 1. The number of anilines is 2. The molecule has 120 valence electrons. The summed E-state index contributed by atoms with van der Waals surface area (Å²) in [5.74, 6) is 0.255. The van der Waals surface area contributed by atoms with E-state index < -0.39 is 11.4 Å². The summed E-state index contributed by atoms with van der Waals surface area (Å²) in [6.45, 7) is 6.07. The molecule has 0 bridgehead atoms. The van der Waals surface area contributed by atoms with Gasteiger partial charge in [0.25, 0.3) is 0 Å². The molecule has 3 heterocycles. The first-order valence-corrected chi connectivity index (χ1v) is 7.67. The normalized spacial score (nSPS) is 27.7. The van der Waals surface area contributed by atoms with Crippen molar-refractivity contribution in [1.82, 2.24) is 9.97 Å². The zero-order valence-electron chi connectivity index (χ0n) is 13.0. The molecule has 0 radical (unpaired) electrons. The summed E-state index contributed by atoms with van der Waals surface area (Å²) in [5, 5.41) is 9.75. The van der Waals surface area contributed by atoms with Gasteiger partial charge in [-0.1, -0.05) is 6.92 Å². The van der Waals surface area contributed by atoms with Crippen molar-refractivity contribution in [3.8, 4) is 0 Å². The molecule has 2 aliphatic heterocycles. The number of aryl methyl sites for hydroxylation is 1. The zero-order chi connectivity index (χ0) is 15.9. The molecule has 7 nitrogen and oxygen atoms in total. The minimum absolute atomic E-state index is 0.0144. The zero-order valence-corrected chi connectivity index (χ0v) is 13.0. The highest BCUT2D eigenvalue weighted by Crippen LogP contribution is 2.44. The van der Waals surface area contributed by atoms with Crippen LogP contribution in [0.15, 0.2) is 0 Å². The van der Waals surface area contributed by atoms with Crippen LogP contribution in [-0.4, -0.2) is 47.3 Å². The fourth-order valence-electron chi connectivity index (χ4n) is 3.68. The highest BCUT2D eigenvalue weighted by atomic mass is 16.5. The summed E-state index contributed by atoms with van der Waals surface area (Å²) >= 11 is 0. The number of nitrogens with zero attached hydrogens (tertiary/aromatic N) is 3. The van der Waals surface area contributed by atoms with Gasteiger partial charge in [-0.25, -0.2) is 4.98 Å². The molecule has 1 aromatic heterocycles. The number of aromatic nitrogens is 2. The van der Waals surface area contributed by atoms with E-state index in [1.165, 1.54) is 0 Å². The van der Waals surface area contributed by atoms with E-state index in [4.69, 9.17) is 10.5 Å². The minimum Gasteiger partial charge on any atom is -0.481 e. The fourth-order valence-corrected chi connectivity index (χ4v) is 3.68. The van der Waals surface area contributed by atoms with Crippen LogP contribution in [0.3, 0.4) is 0 Å². The second-order valence-corrected chi connectivity index (χ2v) is 6.19. The van der Waals surface area contributed by atoms with Crippen molar-refractivity contribution < 1.29 is 14.6 Å². The van der Waals surface area contributed by atoms with E-state index in [1.54, 1.807) is 0 Å². The van der Waals surface area contributed by atoms with Crippen molar-refractivity contribution in [3.63, 3.8) is 0 Å². The standard InChI is InChI=1S/C15H22N4O3/c1-3-11-9(2)12(18-14(16)17-11)19-6-10-7-22-5-4-15(10,8-19)13(20)21/h10H,3-8H2,1-2H3,(H,20,21)(H2,16,17,18)/t10-,15+/m1/s1. The Bertz CT molecular complexity index is 607. The molecule has 2 saturated heterocycles. The van der Waals surface area contributed by atoms with E-state index >= 15 is 0 Å². The molecule has 0 unspecified atom stereocenters. The summed E-state index contributed by atoms with van der Waals surface area (Å²) < 4.78 is 5.49. The largest absolute Gasteiger partial charge is 0.481 e. The molecule has 0 saturated carbocycles. The third kappa shape index (κ3) is 2.20. The first kappa shape index (κ1) is 15.0. The lowest BCUT2D eigenvalue weighted by molar-refractivity contribution is -0.157. The number of rotatable bonds is 3. The third-order valence-electron chi connectivity index (χ3n) is 5.01. The molecule has 3 N–H and O–H groups in total. The quantitative estimate of drug-likeness (QED) is 0.853. The molecule has 2 atom stereocenters. The first-order chi connectivity index (χ1) is 10.5. The van der Waals surface area contributed by atoms with Crippen molar-refractivity contribution in [2.45, 2.75) is 26.7 Å². The maximum absolute atomic E-state index is 11.9. The van der Waals surface area contributed by atoms with E-state index in [1.807, 2.05) is 18.7 Å². The monoisotopic (exact) mass is 306 g/mol. The minimum atomic E-state index is -0.739. The van der Waals surface area contributed by atoms with Crippen LogP contribution in [0.5, 0.6) is 0 Å². The Balaban J connectivity index is 1.98. The Hall–Kier alpha value is -1.89. The Morgan fingerprint density at radius 3 is 2.95 bits per heavy atom. The predicted octanol–water partition coefficient (Wildman–Crippen LogP) is 0.857. The average Bonchev–Trinajstić information content (AvgIpc) is 2.89. The highest BCUT2D eigenvalue weighted by molar-refractivity contribution is 5.77. The van der Waals surface area contributed by atoms with E-state index in [-0.39, 0.29) is 11.9 Å². The van der Waals surface area contributed by atoms with E-state index in [0.29, 0.717) is 32.7 Å². The number of aliphatic carboxylic acids is 1. The van der Waals surface area contributed by atoms with Crippen molar-refractivity contribution >= 4 is 17.7 Å². The number of nitrogens with two attached hydrogens (primary N) is 1. The van der Waals surface area contributed by atoms with Crippen LogP contribution in [0.1, 0.15) is 24.6 Å². The lowest BCUT2D eigenvalue weighted by Crippen LogP contribution is -2.44. The number of carboxylic acid groups (broad SMARTS) is 1. The molecular weight excluding hydrogens is 284 g/mol. The molecule has 2 aliphatic rings. The number of ether oxygens (including phenoxy) is 1. The van der Waals surface area contributed by atoms with Crippen LogP contribution in [0.4, 0.5) is 11.8 Å². The summed E-state index contributed by atoms with van der Waals surface area (Å²) in [5.41, 5.74) is 6.98. The Morgan fingerprint density at radius 1 is 1.55 bits per heavy atom. The summed E-state index contributed by atoms with van der Waals surface area (Å²) in [4.78, 5) is 22.5. The summed E-state index contributed by atoms with van der Waals surface area (Å²) in [7, 11) is 0. The molecule has 1 aromatic rings. The summed E-state index contributed by atoms with van der Waals surface area (Å²) in [6, 6.07) is 0.